The number of benzene rings is 2. The summed E-state index contributed by atoms with van der Waals surface area (Å²) in [5.74, 6) is -9.09. The van der Waals surface area contributed by atoms with Crippen molar-refractivity contribution >= 4 is 24.4 Å². The van der Waals surface area contributed by atoms with Gasteiger partial charge < -0.3 is 0 Å². The van der Waals surface area contributed by atoms with Crippen LogP contribution in [0.4, 0.5) is 35.1 Å². The number of hydrogen-bond acceptors (Lipinski definition) is 2. The van der Waals surface area contributed by atoms with E-state index in [0.717, 1.165) is 6.07 Å². The first kappa shape index (κ1) is 21.9. The quantitative estimate of drug-likeness (QED) is 0.229. The smallest absolute Gasteiger partial charge is 0.204 e. The lowest BCUT2D eigenvalue weighted by molar-refractivity contribution is -0.0328. The molecule has 0 saturated carbocycles. The van der Waals surface area contributed by atoms with Crippen LogP contribution in [0, 0.1) is 24.4 Å². The SMILES string of the molecule is Cc1cc(S)c(CCC(F)(F)c2cc(F)c(F)c(F)c2)cc1SC(F)(F)F. The van der Waals surface area contributed by atoms with Crippen LogP contribution in [-0.2, 0) is 12.3 Å². The summed E-state index contributed by atoms with van der Waals surface area (Å²) in [6, 6.07) is 2.82. The lowest BCUT2D eigenvalue weighted by Crippen LogP contribution is -2.16. The van der Waals surface area contributed by atoms with E-state index in [2.05, 4.69) is 12.6 Å². The van der Waals surface area contributed by atoms with Crippen molar-refractivity contribution in [3.05, 3.63) is 58.4 Å². The van der Waals surface area contributed by atoms with Crippen LogP contribution >= 0.6 is 24.4 Å². The van der Waals surface area contributed by atoms with Crippen LogP contribution in [-0.4, -0.2) is 5.51 Å². The van der Waals surface area contributed by atoms with Crippen molar-refractivity contribution in [1.82, 2.24) is 0 Å². The monoisotopic (exact) mass is 432 g/mol. The van der Waals surface area contributed by atoms with Crippen molar-refractivity contribution in [3.63, 3.8) is 0 Å². The summed E-state index contributed by atoms with van der Waals surface area (Å²) in [4.78, 5) is 0.0591. The molecule has 0 heterocycles. The molecule has 0 aliphatic rings. The Kier molecular flexibility index (Phi) is 6.40. The zero-order chi connectivity index (χ0) is 20.6. The van der Waals surface area contributed by atoms with Crippen molar-refractivity contribution in [3.8, 4) is 0 Å². The van der Waals surface area contributed by atoms with Gasteiger partial charge in [-0.15, -0.1) is 12.6 Å². The third-order valence-corrected chi connectivity index (χ3v) is 5.02. The number of halogens is 8. The van der Waals surface area contributed by atoms with Gasteiger partial charge >= 0.3 is 5.51 Å². The third kappa shape index (κ3) is 5.54. The Labute approximate surface area is 159 Å². The lowest BCUT2D eigenvalue weighted by Gasteiger charge is -2.19. The maximum Gasteiger partial charge on any atom is 0.446 e. The Bertz CT molecular complexity index is 823. The van der Waals surface area contributed by atoms with Crippen molar-refractivity contribution in [2.75, 3.05) is 0 Å². The first-order chi connectivity index (χ1) is 12.3. The molecule has 0 saturated heterocycles. The predicted octanol–water partition coefficient (Wildman–Crippen LogP) is 7.04. The number of alkyl halides is 5. The summed E-state index contributed by atoms with van der Waals surface area (Å²) in [6.07, 6.45) is -1.36. The molecule has 0 spiro atoms. The van der Waals surface area contributed by atoms with Gasteiger partial charge in [-0.2, -0.15) is 13.2 Å². The molecule has 10 heteroatoms. The van der Waals surface area contributed by atoms with Crippen molar-refractivity contribution in [2.45, 2.75) is 41.0 Å². The molecule has 0 bridgehead atoms. The summed E-state index contributed by atoms with van der Waals surface area (Å²) in [5, 5.41) is 0. The Morgan fingerprint density at radius 2 is 1.48 bits per heavy atom. The molecule has 27 heavy (non-hydrogen) atoms. The highest BCUT2D eigenvalue weighted by Gasteiger charge is 2.34. The number of aryl methyl sites for hydroxylation is 2. The van der Waals surface area contributed by atoms with Gasteiger partial charge in [-0.05, 0) is 60.5 Å². The summed E-state index contributed by atoms with van der Waals surface area (Å²) in [6.45, 7) is 1.43. The van der Waals surface area contributed by atoms with Gasteiger partial charge in [0.2, 0.25) is 0 Å². The van der Waals surface area contributed by atoms with Crippen molar-refractivity contribution in [1.29, 1.82) is 0 Å². The molecule has 0 nitrogen and oxygen atoms in total. The second-order valence-electron chi connectivity index (χ2n) is 5.75. The number of thioether (sulfide) groups is 1. The molecule has 2 aromatic rings. The highest BCUT2D eigenvalue weighted by atomic mass is 32.2. The van der Waals surface area contributed by atoms with Gasteiger partial charge in [0.15, 0.2) is 17.5 Å². The predicted molar refractivity (Wildman–Crippen MR) is 88.9 cm³/mol. The van der Waals surface area contributed by atoms with E-state index in [-0.39, 0.29) is 44.8 Å². The molecule has 2 rings (SSSR count). The van der Waals surface area contributed by atoms with Crippen LogP contribution in [0.3, 0.4) is 0 Å². The Balaban J connectivity index is 2.26. The fourth-order valence-electron chi connectivity index (χ4n) is 2.35. The van der Waals surface area contributed by atoms with Gasteiger partial charge in [-0.3, -0.25) is 0 Å². The minimum absolute atomic E-state index is 0.124. The van der Waals surface area contributed by atoms with Crippen LogP contribution in [0.2, 0.25) is 0 Å². The zero-order valence-corrected chi connectivity index (χ0v) is 15.3. The minimum Gasteiger partial charge on any atom is -0.204 e. The van der Waals surface area contributed by atoms with Crippen LogP contribution in [0.15, 0.2) is 34.1 Å². The van der Waals surface area contributed by atoms with Gasteiger partial charge in [-0.1, -0.05) is 0 Å². The topological polar surface area (TPSA) is 0 Å². The summed E-state index contributed by atoms with van der Waals surface area (Å²) in [7, 11) is 0. The average Bonchev–Trinajstić information content (AvgIpc) is 2.52. The largest absolute Gasteiger partial charge is 0.446 e. The zero-order valence-electron chi connectivity index (χ0n) is 13.6. The van der Waals surface area contributed by atoms with Crippen molar-refractivity contribution in [2.24, 2.45) is 0 Å². The Hall–Kier alpha value is -1.42. The molecule has 0 radical (unpaired) electrons. The fraction of sp³-hybridized carbons (Fsp3) is 0.294. The molecule has 0 aliphatic carbocycles. The van der Waals surface area contributed by atoms with E-state index >= 15 is 0 Å². The van der Waals surface area contributed by atoms with Crippen LogP contribution in [0.25, 0.3) is 0 Å². The van der Waals surface area contributed by atoms with E-state index in [9.17, 15) is 35.1 Å². The molecule has 2 aromatic carbocycles. The van der Waals surface area contributed by atoms with Crippen molar-refractivity contribution < 1.29 is 35.1 Å². The van der Waals surface area contributed by atoms with E-state index < -0.39 is 47.3 Å². The summed E-state index contributed by atoms with van der Waals surface area (Å²) < 4.78 is 106. The van der Waals surface area contributed by atoms with Gasteiger partial charge in [0.1, 0.15) is 0 Å². The normalized spacial score (nSPS) is 12.5. The number of thiol groups is 1. The van der Waals surface area contributed by atoms with Gasteiger partial charge in [0.05, 0.1) is 0 Å². The number of hydrogen-bond donors (Lipinski definition) is 1. The highest BCUT2D eigenvalue weighted by molar-refractivity contribution is 8.00. The molecule has 0 aliphatic heterocycles. The molecule has 0 amide bonds. The lowest BCUT2D eigenvalue weighted by atomic mass is 9.99. The molecule has 0 N–H and O–H groups in total. The maximum atomic E-state index is 14.3. The molecule has 148 valence electrons. The number of rotatable bonds is 5. The second kappa shape index (κ2) is 7.90. The molecule has 0 fully saturated rings. The molecule has 0 aromatic heterocycles. The Morgan fingerprint density at radius 1 is 0.926 bits per heavy atom. The highest BCUT2D eigenvalue weighted by Crippen LogP contribution is 2.41. The maximum absolute atomic E-state index is 14.3. The first-order valence-electron chi connectivity index (χ1n) is 7.41. The molecule has 0 atom stereocenters. The first-order valence-corrected chi connectivity index (χ1v) is 8.67. The standard InChI is InChI=1S/C17H12F8S2/c1-8-4-13(26)9(5-14(8)27-17(23,24)25)2-3-16(21,22)10-6-11(18)15(20)12(19)7-10/h4-7,26H,2-3H2,1H3. The summed E-state index contributed by atoms with van der Waals surface area (Å²) in [5.41, 5.74) is -5.21. The fourth-order valence-corrected chi connectivity index (χ4v) is 3.39. The molecule has 0 unspecified atom stereocenters. The molecular formula is C17H12F8S2. The third-order valence-electron chi connectivity index (χ3n) is 3.72. The van der Waals surface area contributed by atoms with E-state index in [4.69, 9.17) is 0 Å². The van der Waals surface area contributed by atoms with Crippen LogP contribution < -0.4 is 0 Å². The van der Waals surface area contributed by atoms with E-state index in [1.54, 1.807) is 0 Å². The molecular weight excluding hydrogens is 420 g/mol. The van der Waals surface area contributed by atoms with Gasteiger partial charge in [0, 0.05) is 21.8 Å². The Morgan fingerprint density at radius 3 is 2.00 bits per heavy atom. The van der Waals surface area contributed by atoms with Crippen LogP contribution in [0.1, 0.15) is 23.1 Å². The van der Waals surface area contributed by atoms with Gasteiger partial charge in [-0.25, -0.2) is 22.0 Å². The van der Waals surface area contributed by atoms with E-state index in [1.165, 1.54) is 13.0 Å². The van der Waals surface area contributed by atoms with E-state index in [1.807, 2.05) is 0 Å². The average molecular weight is 432 g/mol. The minimum atomic E-state index is -4.55. The van der Waals surface area contributed by atoms with Gasteiger partial charge in [0.25, 0.3) is 5.92 Å². The van der Waals surface area contributed by atoms with Crippen LogP contribution in [0.5, 0.6) is 0 Å². The summed E-state index contributed by atoms with van der Waals surface area (Å²) >= 11 is 3.71. The van der Waals surface area contributed by atoms with E-state index in [0.29, 0.717) is 0 Å². The second-order valence-corrected chi connectivity index (χ2v) is 7.34.